The maximum absolute atomic E-state index is 12.5. The van der Waals surface area contributed by atoms with Crippen LogP contribution in [0.25, 0.3) is 0 Å². The van der Waals surface area contributed by atoms with Crippen LogP contribution < -0.4 is 5.32 Å². The predicted octanol–water partition coefficient (Wildman–Crippen LogP) is 1.89. The van der Waals surface area contributed by atoms with Crippen LogP contribution in [-0.2, 0) is 14.8 Å². The second kappa shape index (κ2) is 6.65. The van der Waals surface area contributed by atoms with Crippen LogP contribution >= 0.6 is 0 Å². The van der Waals surface area contributed by atoms with Crippen LogP contribution in [0.2, 0.25) is 0 Å². The number of nitrogens with zero attached hydrogens (tertiary/aromatic N) is 1. The second-order valence-corrected chi connectivity index (χ2v) is 8.97. The number of carbonyl (C=O) groups is 1. The monoisotopic (exact) mass is 316 g/mol. The molecule has 6 heteroatoms. The smallest absolute Gasteiger partial charge is 0.224 e. The van der Waals surface area contributed by atoms with Gasteiger partial charge in [-0.1, -0.05) is 19.3 Å². The Labute approximate surface area is 128 Å². The topological polar surface area (TPSA) is 66.5 Å². The van der Waals surface area contributed by atoms with Crippen molar-refractivity contribution in [3.63, 3.8) is 0 Å². The van der Waals surface area contributed by atoms with Gasteiger partial charge in [0, 0.05) is 18.6 Å². The van der Waals surface area contributed by atoms with Gasteiger partial charge in [-0.05, 0) is 39.5 Å². The molecule has 1 saturated heterocycles. The first kappa shape index (κ1) is 16.7. The van der Waals surface area contributed by atoms with Gasteiger partial charge in [-0.3, -0.25) is 4.79 Å². The molecule has 5 nitrogen and oxygen atoms in total. The highest BCUT2D eigenvalue weighted by molar-refractivity contribution is 7.89. The SMILES string of the molecule is CCS(=O)(=O)N1CCCC(C(=O)NC2(C)CCCCC2)C1. The molecule has 2 aliphatic rings. The number of carbonyl (C=O) groups excluding carboxylic acids is 1. The summed E-state index contributed by atoms with van der Waals surface area (Å²) in [6, 6.07) is 0. The third-order valence-corrected chi connectivity index (χ3v) is 6.74. The highest BCUT2D eigenvalue weighted by Gasteiger charge is 2.35. The van der Waals surface area contributed by atoms with Crippen LogP contribution in [0.4, 0.5) is 0 Å². The van der Waals surface area contributed by atoms with E-state index >= 15 is 0 Å². The summed E-state index contributed by atoms with van der Waals surface area (Å²) in [6.07, 6.45) is 7.20. The highest BCUT2D eigenvalue weighted by atomic mass is 32.2. The average molecular weight is 316 g/mol. The summed E-state index contributed by atoms with van der Waals surface area (Å²) in [5.41, 5.74) is -0.0960. The van der Waals surface area contributed by atoms with Gasteiger partial charge in [0.25, 0.3) is 0 Å². The third kappa shape index (κ3) is 4.19. The number of amides is 1. The predicted molar refractivity (Wildman–Crippen MR) is 83.4 cm³/mol. The van der Waals surface area contributed by atoms with Gasteiger partial charge < -0.3 is 5.32 Å². The van der Waals surface area contributed by atoms with Gasteiger partial charge in [-0.2, -0.15) is 0 Å². The first-order chi connectivity index (χ1) is 9.86. The Morgan fingerprint density at radius 3 is 2.52 bits per heavy atom. The molecule has 2 rings (SSSR count). The fraction of sp³-hybridized carbons (Fsp3) is 0.933. The van der Waals surface area contributed by atoms with Crippen molar-refractivity contribution in [3.05, 3.63) is 0 Å². The summed E-state index contributed by atoms with van der Waals surface area (Å²) in [4.78, 5) is 12.5. The second-order valence-electron chi connectivity index (χ2n) is 6.71. The molecule has 1 N–H and O–H groups in total. The Hall–Kier alpha value is -0.620. The van der Waals surface area contributed by atoms with E-state index in [0.717, 1.165) is 38.5 Å². The zero-order chi connectivity index (χ0) is 15.5. The normalized spacial score (nSPS) is 27.2. The molecule has 1 saturated carbocycles. The summed E-state index contributed by atoms with van der Waals surface area (Å²) in [7, 11) is -3.18. The van der Waals surface area contributed by atoms with E-state index in [1.807, 2.05) is 0 Å². The van der Waals surface area contributed by atoms with Crippen LogP contribution in [0.5, 0.6) is 0 Å². The molecule has 1 aliphatic carbocycles. The number of sulfonamides is 1. The van der Waals surface area contributed by atoms with E-state index in [1.165, 1.54) is 10.7 Å². The summed E-state index contributed by atoms with van der Waals surface area (Å²) in [6.45, 7) is 4.67. The summed E-state index contributed by atoms with van der Waals surface area (Å²) < 4.78 is 25.4. The molecule has 1 amide bonds. The minimum absolute atomic E-state index is 0.0374. The first-order valence-corrected chi connectivity index (χ1v) is 9.77. The number of hydrogen-bond donors (Lipinski definition) is 1. The van der Waals surface area contributed by atoms with Crippen LogP contribution in [0.1, 0.15) is 58.8 Å². The number of nitrogens with one attached hydrogen (secondary N) is 1. The third-order valence-electron chi connectivity index (χ3n) is 4.90. The molecule has 0 bridgehead atoms. The van der Waals surface area contributed by atoms with E-state index in [4.69, 9.17) is 0 Å². The molecule has 21 heavy (non-hydrogen) atoms. The van der Waals surface area contributed by atoms with E-state index in [0.29, 0.717) is 13.1 Å². The van der Waals surface area contributed by atoms with E-state index in [9.17, 15) is 13.2 Å². The minimum atomic E-state index is -3.18. The lowest BCUT2D eigenvalue weighted by Gasteiger charge is -2.37. The number of hydrogen-bond acceptors (Lipinski definition) is 3. The molecule has 0 aromatic heterocycles. The van der Waals surface area contributed by atoms with Crippen molar-refractivity contribution in [1.82, 2.24) is 9.62 Å². The van der Waals surface area contributed by atoms with Gasteiger partial charge in [0.2, 0.25) is 15.9 Å². The summed E-state index contributed by atoms with van der Waals surface area (Å²) >= 11 is 0. The molecule has 0 radical (unpaired) electrons. The molecule has 122 valence electrons. The quantitative estimate of drug-likeness (QED) is 0.861. The number of rotatable bonds is 4. The van der Waals surface area contributed by atoms with Crippen molar-refractivity contribution < 1.29 is 13.2 Å². The van der Waals surface area contributed by atoms with Crippen LogP contribution in [0, 0.1) is 5.92 Å². The molecular weight excluding hydrogens is 288 g/mol. The fourth-order valence-electron chi connectivity index (χ4n) is 3.45. The zero-order valence-electron chi connectivity index (χ0n) is 13.2. The lowest BCUT2D eigenvalue weighted by atomic mass is 9.82. The van der Waals surface area contributed by atoms with E-state index in [1.54, 1.807) is 6.92 Å². The molecule has 1 atom stereocenters. The van der Waals surface area contributed by atoms with Crippen molar-refractivity contribution in [2.75, 3.05) is 18.8 Å². The Balaban J connectivity index is 1.96. The van der Waals surface area contributed by atoms with Crippen molar-refractivity contribution >= 4 is 15.9 Å². The molecule has 1 heterocycles. The van der Waals surface area contributed by atoms with Crippen LogP contribution in [-0.4, -0.2) is 43.0 Å². The van der Waals surface area contributed by atoms with Crippen LogP contribution in [0.15, 0.2) is 0 Å². The van der Waals surface area contributed by atoms with Crippen molar-refractivity contribution in [2.45, 2.75) is 64.3 Å². The van der Waals surface area contributed by atoms with Gasteiger partial charge in [0.1, 0.15) is 0 Å². The van der Waals surface area contributed by atoms with Crippen LogP contribution in [0.3, 0.4) is 0 Å². The van der Waals surface area contributed by atoms with E-state index < -0.39 is 10.0 Å². The van der Waals surface area contributed by atoms with Gasteiger partial charge in [-0.25, -0.2) is 12.7 Å². The minimum Gasteiger partial charge on any atom is -0.351 e. The molecule has 2 fully saturated rings. The average Bonchev–Trinajstić information content (AvgIpc) is 2.47. The van der Waals surface area contributed by atoms with Gasteiger partial charge in [-0.15, -0.1) is 0 Å². The lowest BCUT2D eigenvalue weighted by Crippen LogP contribution is -2.52. The lowest BCUT2D eigenvalue weighted by molar-refractivity contribution is -0.128. The standard InChI is InChI=1S/C15H28N2O3S/c1-3-21(19,20)17-11-7-8-13(12-17)14(18)16-15(2)9-5-4-6-10-15/h13H,3-12H2,1-2H3,(H,16,18). The Bertz CT molecular complexity index is 469. The summed E-state index contributed by atoms with van der Waals surface area (Å²) in [5.74, 6) is -0.0479. The number of piperidine rings is 1. The maximum atomic E-state index is 12.5. The molecule has 0 aromatic carbocycles. The molecular formula is C15H28N2O3S. The van der Waals surface area contributed by atoms with Gasteiger partial charge in [0.05, 0.1) is 11.7 Å². The Kier molecular flexibility index (Phi) is 5.30. The van der Waals surface area contributed by atoms with Crippen molar-refractivity contribution in [1.29, 1.82) is 0 Å². The van der Waals surface area contributed by atoms with Crippen molar-refractivity contribution in [3.8, 4) is 0 Å². The highest BCUT2D eigenvalue weighted by Crippen LogP contribution is 2.29. The molecule has 1 aliphatic heterocycles. The largest absolute Gasteiger partial charge is 0.351 e. The van der Waals surface area contributed by atoms with Gasteiger partial charge in [0.15, 0.2) is 0 Å². The molecule has 0 aromatic rings. The molecule has 0 spiro atoms. The van der Waals surface area contributed by atoms with E-state index in [-0.39, 0.29) is 23.1 Å². The Morgan fingerprint density at radius 1 is 1.24 bits per heavy atom. The fourth-order valence-corrected chi connectivity index (χ4v) is 4.63. The first-order valence-electron chi connectivity index (χ1n) is 8.16. The zero-order valence-corrected chi connectivity index (χ0v) is 14.0. The van der Waals surface area contributed by atoms with Gasteiger partial charge >= 0.3 is 0 Å². The molecule has 1 unspecified atom stereocenters. The van der Waals surface area contributed by atoms with Crippen molar-refractivity contribution in [2.24, 2.45) is 5.92 Å². The van der Waals surface area contributed by atoms with E-state index in [2.05, 4.69) is 12.2 Å². The summed E-state index contributed by atoms with van der Waals surface area (Å²) in [5, 5.41) is 3.19. The maximum Gasteiger partial charge on any atom is 0.224 e. The Morgan fingerprint density at radius 2 is 1.90 bits per heavy atom.